The van der Waals surface area contributed by atoms with Gasteiger partial charge < -0.3 is 5.11 Å². The fourth-order valence-electron chi connectivity index (χ4n) is 1.08. The molecule has 0 aliphatic heterocycles. The highest BCUT2D eigenvalue weighted by Gasteiger charge is 2.12. The maximum absolute atomic E-state index is 9.19. The van der Waals surface area contributed by atoms with E-state index in [1.165, 1.54) is 0 Å². The predicted octanol–water partition coefficient (Wildman–Crippen LogP) is 2.34. The molecular formula is C8H17N3O. The molecule has 0 aromatic rings. The SMILES string of the molecule is CC(O)[C@H](C)C[C@H](C)CN=[N+]=[N-]. The number of aliphatic hydroxyl groups excluding tert-OH is 1. The summed E-state index contributed by atoms with van der Waals surface area (Å²) in [6.07, 6.45) is 0.620. The molecule has 1 N–H and O–H groups in total. The highest BCUT2D eigenvalue weighted by Crippen LogP contribution is 2.15. The van der Waals surface area contributed by atoms with Gasteiger partial charge in [-0.3, -0.25) is 0 Å². The van der Waals surface area contributed by atoms with E-state index in [1.54, 1.807) is 6.92 Å². The molecule has 4 nitrogen and oxygen atoms in total. The third-order valence-electron chi connectivity index (χ3n) is 2.05. The Morgan fingerprint density at radius 2 is 2.00 bits per heavy atom. The van der Waals surface area contributed by atoms with Crippen LogP contribution in [0.5, 0.6) is 0 Å². The minimum Gasteiger partial charge on any atom is -0.393 e. The maximum atomic E-state index is 9.19. The van der Waals surface area contributed by atoms with Crippen molar-refractivity contribution in [2.45, 2.75) is 33.3 Å². The van der Waals surface area contributed by atoms with Crippen LogP contribution in [0.25, 0.3) is 10.4 Å². The van der Waals surface area contributed by atoms with E-state index in [1.807, 2.05) is 13.8 Å². The van der Waals surface area contributed by atoms with E-state index in [0.29, 0.717) is 12.5 Å². The van der Waals surface area contributed by atoms with Gasteiger partial charge in [-0.15, -0.1) is 0 Å². The zero-order valence-corrected chi connectivity index (χ0v) is 7.94. The van der Waals surface area contributed by atoms with E-state index in [-0.39, 0.29) is 12.0 Å². The number of nitrogens with zero attached hydrogens (tertiary/aromatic N) is 3. The average molecular weight is 171 g/mol. The molecule has 0 spiro atoms. The second-order valence-corrected chi connectivity index (χ2v) is 3.47. The highest BCUT2D eigenvalue weighted by atomic mass is 16.3. The minimum atomic E-state index is -0.279. The summed E-state index contributed by atoms with van der Waals surface area (Å²) in [4.78, 5) is 2.69. The Labute approximate surface area is 73.2 Å². The first-order valence-corrected chi connectivity index (χ1v) is 4.26. The van der Waals surface area contributed by atoms with Crippen LogP contribution >= 0.6 is 0 Å². The average Bonchev–Trinajstić information content (AvgIpc) is 2.00. The summed E-state index contributed by atoms with van der Waals surface area (Å²) < 4.78 is 0. The summed E-state index contributed by atoms with van der Waals surface area (Å²) >= 11 is 0. The monoisotopic (exact) mass is 171 g/mol. The minimum absolute atomic E-state index is 0.272. The van der Waals surface area contributed by atoms with Crippen LogP contribution < -0.4 is 0 Å². The van der Waals surface area contributed by atoms with Gasteiger partial charge in [0.2, 0.25) is 0 Å². The Morgan fingerprint density at radius 1 is 1.42 bits per heavy atom. The summed E-state index contributed by atoms with van der Waals surface area (Å²) in [7, 11) is 0. The summed E-state index contributed by atoms with van der Waals surface area (Å²) in [5, 5.41) is 12.7. The zero-order valence-electron chi connectivity index (χ0n) is 7.94. The van der Waals surface area contributed by atoms with Crippen LogP contribution in [0, 0.1) is 11.8 Å². The van der Waals surface area contributed by atoms with Gasteiger partial charge in [0.25, 0.3) is 0 Å². The number of hydrogen-bond donors (Lipinski definition) is 1. The normalized spacial score (nSPS) is 17.7. The van der Waals surface area contributed by atoms with Crippen molar-refractivity contribution < 1.29 is 5.11 Å². The van der Waals surface area contributed by atoms with E-state index in [9.17, 15) is 5.11 Å². The van der Waals surface area contributed by atoms with Crippen LogP contribution in [-0.4, -0.2) is 17.8 Å². The summed E-state index contributed by atoms with van der Waals surface area (Å²) in [6.45, 7) is 6.32. The molecule has 0 aromatic carbocycles. The number of aliphatic hydroxyl groups is 1. The van der Waals surface area contributed by atoms with Gasteiger partial charge >= 0.3 is 0 Å². The second-order valence-electron chi connectivity index (χ2n) is 3.47. The molecule has 0 saturated carbocycles. The van der Waals surface area contributed by atoms with Gasteiger partial charge in [-0.2, -0.15) is 0 Å². The molecule has 0 fully saturated rings. The van der Waals surface area contributed by atoms with E-state index in [4.69, 9.17) is 5.53 Å². The number of rotatable bonds is 5. The van der Waals surface area contributed by atoms with Crippen molar-refractivity contribution in [1.29, 1.82) is 0 Å². The Hall–Kier alpha value is -0.730. The first-order valence-electron chi connectivity index (χ1n) is 4.26. The van der Waals surface area contributed by atoms with Crippen LogP contribution in [0.4, 0.5) is 0 Å². The third-order valence-corrected chi connectivity index (χ3v) is 2.05. The molecule has 12 heavy (non-hydrogen) atoms. The summed E-state index contributed by atoms with van der Waals surface area (Å²) in [5.41, 5.74) is 8.07. The lowest BCUT2D eigenvalue weighted by Crippen LogP contribution is -2.17. The van der Waals surface area contributed by atoms with E-state index < -0.39 is 0 Å². The Balaban J connectivity index is 3.67. The van der Waals surface area contributed by atoms with Gasteiger partial charge in [0.15, 0.2) is 0 Å². The van der Waals surface area contributed by atoms with Crippen molar-refractivity contribution in [2.24, 2.45) is 17.0 Å². The van der Waals surface area contributed by atoms with Gasteiger partial charge in [-0.25, -0.2) is 0 Å². The topological polar surface area (TPSA) is 69.0 Å². The Bertz CT molecular complexity index is 164. The van der Waals surface area contributed by atoms with Crippen LogP contribution in [0.1, 0.15) is 27.2 Å². The lowest BCUT2D eigenvalue weighted by atomic mass is 9.94. The fraction of sp³-hybridized carbons (Fsp3) is 1.00. The van der Waals surface area contributed by atoms with Gasteiger partial charge in [-0.05, 0) is 30.7 Å². The third kappa shape index (κ3) is 4.99. The highest BCUT2D eigenvalue weighted by molar-refractivity contribution is 4.65. The smallest absolute Gasteiger partial charge is 0.0537 e. The molecular weight excluding hydrogens is 154 g/mol. The van der Waals surface area contributed by atoms with Crippen LogP contribution in [0.15, 0.2) is 5.11 Å². The molecule has 0 radical (unpaired) electrons. The van der Waals surface area contributed by atoms with Crippen LogP contribution in [0.3, 0.4) is 0 Å². The maximum Gasteiger partial charge on any atom is 0.0537 e. The van der Waals surface area contributed by atoms with Crippen molar-refractivity contribution in [3.63, 3.8) is 0 Å². The van der Waals surface area contributed by atoms with E-state index in [2.05, 4.69) is 10.0 Å². The Morgan fingerprint density at radius 3 is 2.42 bits per heavy atom. The molecule has 0 aliphatic rings. The molecule has 0 saturated heterocycles. The van der Waals surface area contributed by atoms with E-state index >= 15 is 0 Å². The molecule has 0 amide bonds. The predicted molar refractivity (Wildman–Crippen MR) is 48.6 cm³/mol. The number of hydrogen-bond acceptors (Lipinski definition) is 2. The first-order chi connectivity index (χ1) is 5.57. The molecule has 4 heteroatoms. The first kappa shape index (κ1) is 11.3. The van der Waals surface area contributed by atoms with Crippen molar-refractivity contribution in [2.75, 3.05) is 6.54 Å². The molecule has 70 valence electrons. The lowest BCUT2D eigenvalue weighted by molar-refractivity contribution is 0.121. The largest absolute Gasteiger partial charge is 0.393 e. The van der Waals surface area contributed by atoms with Crippen molar-refractivity contribution in [3.05, 3.63) is 10.4 Å². The van der Waals surface area contributed by atoms with Crippen molar-refractivity contribution >= 4 is 0 Å². The molecule has 1 unspecified atom stereocenters. The molecule has 0 rings (SSSR count). The summed E-state index contributed by atoms with van der Waals surface area (Å²) in [5.74, 6) is 0.624. The fourth-order valence-corrected chi connectivity index (χ4v) is 1.08. The van der Waals surface area contributed by atoms with Crippen molar-refractivity contribution in [1.82, 2.24) is 0 Å². The molecule has 3 atom stereocenters. The molecule has 0 aromatic heterocycles. The van der Waals surface area contributed by atoms with Crippen molar-refractivity contribution in [3.8, 4) is 0 Å². The standard InChI is InChI=1S/C8H17N3O/c1-6(5-10-11-9)4-7(2)8(3)12/h6-8,12H,4-5H2,1-3H3/t6-,7+,8?/m0/s1. The Kier molecular flexibility index (Phi) is 5.51. The lowest BCUT2D eigenvalue weighted by Gasteiger charge is -2.17. The number of azide groups is 1. The van der Waals surface area contributed by atoms with Gasteiger partial charge in [0.05, 0.1) is 6.10 Å². The molecule has 0 heterocycles. The molecule has 0 aliphatic carbocycles. The zero-order chi connectivity index (χ0) is 9.56. The summed E-state index contributed by atoms with van der Waals surface area (Å²) in [6, 6.07) is 0. The van der Waals surface area contributed by atoms with Gasteiger partial charge in [-0.1, -0.05) is 19.0 Å². The van der Waals surface area contributed by atoms with Gasteiger partial charge in [0, 0.05) is 11.5 Å². The van der Waals surface area contributed by atoms with Crippen LogP contribution in [-0.2, 0) is 0 Å². The second kappa shape index (κ2) is 5.86. The van der Waals surface area contributed by atoms with Crippen LogP contribution in [0.2, 0.25) is 0 Å². The van der Waals surface area contributed by atoms with E-state index in [0.717, 1.165) is 6.42 Å². The quantitative estimate of drug-likeness (QED) is 0.385. The molecule has 0 bridgehead atoms. The van der Waals surface area contributed by atoms with Gasteiger partial charge in [0.1, 0.15) is 0 Å².